The minimum Gasteiger partial charge on any atom is -0.451 e. The molecule has 0 radical (unpaired) electrons. The molecule has 0 aliphatic carbocycles. The summed E-state index contributed by atoms with van der Waals surface area (Å²) in [6, 6.07) is 9.85. The number of fused-ring (bicyclic) bond motifs is 1. The van der Waals surface area contributed by atoms with Gasteiger partial charge in [-0.1, -0.05) is 17.7 Å². The van der Waals surface area contributed by atoms with Crippen molar-refractivity contribution < 1.29 is 9.21 Å². The zero-order chi connectivity index (χ0) is 18.1. The van der Waals surface area contributed by atoms with Gasteiger partial charge in [0.05, 0.1) is 6.04 Å². The number of amides is 1. The predicted octanol–water partition coefficient (Wildman–Crippen LogP) is 5.44. The molecule has 0 saturated carbocycles. The van der Waals surface area contributed by atoms with E-state index < -0.39 is 0 Å². The van der Waals surface area contributed by atoms with Gasteiger partial charge in [0.25, 0.3) is 5.91 Å². The molecule has 3 heterocycles. The number of nitrogens with zero attached hydrogens (tertiary/aromatic N) is 1. The van der Waals surface area contributed by atoms with Crippen LogP contribution in [0.3, 0.4) is 0 Å². The average Bonchev–Trinajstić information content (AvgIpc) is 3.38. The second kappa shape index (κ2) is 8.65. The molecule has 1 saturated heterocycles. The van der Waals surface area contributed by atoms with Crippen LogP contribution in [0, 0.1) is 6.92 Å². The number of likely N-dealkylation sites (tertiary alicyclic amines) is 1. The number of hydrogen-bond acceptors (Lipinski definition) is 4. The Morgan fingerprint density at radius 2 is 2.11 bits per heavy atom. The van der Waals surface area contributed by atoms with Gasteiger partial charge in [-0.05, 0) is 62.5 Å². The summed E-state index contributed by atoms with van der Waals surface area (Å²) >= 11 is 7.81. The lowest BCUT2D eigenvalue weighted by atomic mass is 10.1. The zero-order valence-electron chi connectivity index (χ0n) is 15.0. The third-order valence-electron chi connectivity index (χ3n) is 5.01. The molecule has 1 aliphatic heterocycles. The van der Waals surface area contributed by atoms with Crippen LogP contribution < -0.4 is 5.32 Å². The van der Waals surface area contributed by atoms with E-state index in [2.05, 4.69) is 27.7 Å². The molecule has 2 aromatic heterocycles. The van der Waals surface area contributed by atoms with Gasteiger partial charge in [0.15, 0.2) is 5.76 Å². The Morgan fingerprint density at radius 3 is 2.81 bits per heavy atom. The van der Waals surface area contributed by atoms with Crippen LogP contribution in [0.5, 0.6) is 0 Å². The van der Waals surface area contributed by atoms with Gasteiger partial charge >= 0.3 is 0 Å². The molecule has 1 fully saturated rings. The predicted molar refractivity (Wildman–Crippen MR) is 113 cm³/mol. The van der Waals surface area contributed by atoms with E-state index in [1.165, 1.54) is 17.7 Å². The molecule has 27 heavy (non-hydrogen) atoms. The number of hydrogen-bond donors (Lipinski definition) is 1. The first kappa shape index (κ1) is 20.2. The van der Waals surface area contributed by atoms with Crippen LogP contribution in [0.25, 0.3) is 11.0 Å². The lowest BCUT2D eigenvalue weighted by Gasteiger charge is -2.26. The number of thiophene rings is 1. The van der Waals surface area contributed by atoms with Crippen LogP contribution in [0.4, 0.5) is 0 Å². The molecule has 1 N–H and O–H groups in total. The molecule has 1 aromatic carbocycles. The van der Waals surface area contributed by atoms with E-state index in [4.69, 9.17) is 16.0 Å². The van der Waals surface area contributed by atoms with Crippen molar-refractivity contribution in [3.63, 3.8) is 0 Å². The first-order chi connectivity index (χ1) is 12.6. The fraction of sp³-hybridized carbons (Fsp3) is 0.350. The lowest BCUT2D eigenvalue weighted by molar-refractivity contribution is 0.0912. The monoisotopic (exact) mass is 424 g/mol. The van der Waals surface area contributed by atoms with Crippen molar-refractivity contribution in [2.24, 2.45) is 0 Å². The van der Waals surface area contributed by atoms with Crippen LogP contribution in [-0.4, -0.2) is 30.4 Å². The summed E-state index contributed by atoms with van der Waals surface area (Å²) in [5.74, 6) is 0.198. The molecule has 7 heteroatoms. The fourth-order valence-corrected chi connectivity index (χ4v) is 4.66. The molecular formula is C20H22Cl2N2O2S. The minimum absolute atomic E-state index is 0. The second-order valence-electron chi connectivity index (χ2n) is 6.68. The second-order valence-corrected chi connectivity index (χ2v) is 8.10. The molecule has 1 aliphatic rings. The summed E-state index contributed by atoms with van der Waals surface area (Å²) in [6.45, 7) is 4.64. The standard InChI is InChI=1S/C20H21ClN2O2S.ClH/c1-13-15-11-14(21)6-7-17(15)25-19(13)20(24)22-12-16(18-5-4-10-26-18)23-8-2-3-9-23;/h4-7,10-11,16H,2-3,8-9,12H2,1H3,(H,22,24);1H. The molecule has 0 bridgehead atoms. The highest BCUT2D eigenvalue weighted by atomic mass is 35.5. The quantitative estimate of drug-likeness (QED) is 0.592. The van der Waals surface area contributed by atoms with Gasteiger partial charge < -0.3 is 9.73 Å². The summed E-state index contributed by atoms with van der Waals surface area (Å²) in [7, 11) is 0. The highest BCUT2D eigenvalue weighted by Crippen LogP contribution is 2.30. The maximum Gasteiger partial charge on any atom is 0.287 e. The minimum atomic E-state index is -0.171. The van der Waals surface area contributed by atoms with Gasteiger partial charge in [-0.25, -0.2) is 0 Å². The number of carbonyl (C=O) groups is 1. The number of carbonyl (C=O) groups excluding carboxylic acids is 1. The van der Waals surface area contributed by atoms with Gasteiger partial charge in [0.2, 0.25) is 0 Å². The summed E-state index contributed by atoms with van der Waals surface area (Å²) in [6.07, 6.45) is 2.44. The molecular weight excluding hydrogens is 403 g/mol. The van der Waals surface area contributed by atoms with E-state index in [0.29, 0.717) is 22.9 Å². The van der Waals surface area contributed by atoms with Crippen molar-refractivity contribution in [3.05, 3.63) is 56.9 Å². The number of nitrogens with one attached hydrogen (secondary N) is 1. The highest BCUT2D eigenvalue weighted by molar-refractivity contribution is 7.10. The normalized spacial score (nSPS) is 15.6. The third kappa shape index (κ3) is 4.16. The first-order valence-corrected chi connectivity index (χ1v) is 10.1. The van der Waals surface area contributed by atoms with Crippen LogP contribution in [0.2, 0.25) is 5.02 Å². The Morgan fingerprint density at radius 1 is 1.33 bits per heavy atom. The van der Waals surface area contributed by atoms with E-state index in [0.717, 1.165) is 24.0 Å². The Hall–Kier alpha value is -1.53. The Bertz CT molecular complexity index is 918. The zero-order valence-corrected chi connectivity index (χ0v) is 17.4. The van der Waals surface area contributed by atoms with Crippen molar-refractivity contribution in [2.75, 3.05) is 19.6 Å². The topological polar surface area (TPSA) is 45.5 Å². The van der Waals surface area contributed by atoms with E-state index in [-0.39, 0.29) is 24.4 Å². The smallest absolute Gasteiger partial charge is 0.287 e. The van der Waals surface area contributed by atoms with Crippen molar-refractivity contribution in [2.45, 2.75) is 25.8 Å². The largest absolute Gasteiger partial charge is 0.451 e. The molecule has 1 unspecified atom stereocenters. The van der Waals surface area contributed by atoms with Crippen molar-refractivity contribution in [1.29, 1.82) is 0 Å². The maximum atomic E-state index is 12.8. The van der Waals surface area contributed by atoms with Gasteiger partial charge in [-0.15, -0.1) is 23.7 Å². The van der Waals surface area contributed by atoms with Crippen molar-refractivity contribution >= 4 is 52.2 Å². The van der Waals surface area contributed by atoms with Gasteiger partial charge in [-0.3, -0.25) is 9.69 Å². The molecule has 4 nitrogen and oxygen atoms in total. The summed E-state index contributed by atoms with van der Waals surface area (Å²) in [5.41, 5.74) is 1.51. The summed E-state index contributed by atoms with van der Waals surface area (Å²) < 4.78 is 5.78. The van der Waals surface area contributed by atoms with Crippen LogP contribution in [-0.2, 0) is 0 Å². The van der Waals surface area contributed by atoms with Crippen molar-refractivity contribution in [1.82, 2.24) is 10.2 Å². The first-order valence-electron chi connectivity index (χ1n) is 8.88. The SMILES string of the molecule is Cc1c(C(=O)NCC(c2cccs2)N2CCCC2)oc2ccc(Cl)cc12.Cl. The number of aryl methyl sites for hydroxylation is 1. The maximum absolute atomic E-state index is 12.8. The number of benzene rings is 1. The van der Waals surface area contributed by atoms with E-state index in [1.54, 1.807) is 23.5 Å². The summed E-state index contributed by atoms with van der Waals surface area (Å²) in [5, 5.41) is 6.70. The number of rotatable bonds is 5. The fourth-order valence-electron chi connectivity index (χ4n) is 3.62. The molecule has 4 rings (SSSR count). The van der Waals surface area contributed by atoms with Gasteiger partial charge in [0, 0.05) is 27.4 Å². The highest BCUT2D eigenvalue weighted by Gasteiger charge is 2.26. The molecule has 1 amide bonds. The number of furan rings is 1. The van der Waals surface area contributed by atoms with Crippen LogP contribution >= 0.6 is 35.3 Å². The van der Waals surface area contributed by atoms with Crippen LogP contribution in [0.1, 0.15) is 39.9 Å². The number of halogens is 2. The van der Waals surface area contributed by atoms with E-state index in [9.17, 15) is 4.79 Å². The van der Waals surface area contributed by atoms with E-state index >= 15 is 0 Å². The molecule has 3 aromatic rings. The average molecular weight is 425 g/mol. The Labute approximate surface area is 173 Å². The lowest BCUT2D eigenvalue weighted by Crippen LogP contribution is -2.36. The molecule has 1 atom stereocenters. The Kier molecular flexibility index (Phi) is 6.48. The molecule has 144 valence electrons. The van der Waals surface area contributed by atoms with E-state index in [1.807, 2.05) is 13.0 Å². The third-order valence-corrected chi connectivity index (χ3v) is 6.22. The molecule has 0 spiro atoms. The van der Waals surface area contributed by atoms with Gasteiger partial charge in [0.1, 0.15) is 5.58 Å². The van der Waals surface area contributed by atoms with Crippen molar-refractivity contribution in [3.8, 4) is 0 Å². The van der Waals surface area contributed by atoms with Gasteiger partial charge in [-0.2, -0.15) is 0 Å². The van der Waals surface area contributed by atoms with Crippen LogP contribution in [0.15, 0.2) is 40.1 Å². The Balaban J connectivity index is 0.00000210. The summed E-state index contributed by atoms with van der Waals surface area (Å²) in [4.78, 5) is 16.5.